The van der Waals surface area contributed by atoms with E-state index in [-0.39, 0.29) is 24.2 Å². The summed E-state index contributed by atoms with van der Waals surface area (Å²) in [6.45, 7) is 1.89. The summed E-state index contributed by atoms with van der Waals surface area (Å²) in [7, 11) is 0. The maximum atomic E-state index is 12.2. The Balaban J connectivity index is 1.30. The van der Waals surface area contributed by atoms with Gasteiger partial charge in [0.15, 0.2) is 10.9 Å². The Bertz CT molecular complexity index is 1270. The van der Waals surface area contributed by atoms with Gasteiger partial charge in [-0.2, -0.15) is 0 Å². The van der Waals surface area contributed by atoms with E-state index in [0.717, 1.165) is 25.8 Å². The highest BCUT2D eigenvalue weighted by atomic mass is 35.5. The summed E-state index contributed by atoms with van der Waals surface area (Å²) in [4.78, 5) is 29.0. The highest BCUT2D eigenvalue weighted by Gasteiger charge is 2.10. The molecule has 6 nitrogen and oxygen atoms in total. The number of carbonyl (C=O) groups excluding carboxylic acids is 2. The van der Waals surface area contributed by atoms with Gasteiger partial charge < -0.3 is 15.4 Å². The lowest BCUT2D eigenvalue weighted by atomic mass is 10.2. The molecule has 0 aliphatic rings. The molecule has 0 unspecified atom stereocenters. The van der Waals surface area contributed by atoms with Crippen molar-refractivity contribution in [2.45, 2.75) is 11.3 Å². The Morgan fingerprint density at radius 3 is 2.42 bits per heavy atom. The zero-order valence-electron chi connectivity index (χ0n) is 17.6. The second-order valence-electron chi connectivity index (χ2n) is 7.16. The number of nitrogens with one attached hydrogen (secondary N) is 2. The van der Waals surface area contributed by atoms with Crippen molar-refractivity contribution in [3.05, 3.63) is 77.3 Å². The lowest BCUT2D eigenvalue weighted by molar-refractivity contribution is -0.118. The molecule has 1 heterocycles. The number of fused-ring (bicyclic) bond motifs is 1. The molecule has 0 saturated carbocycles. The molecular formula is C24H20ClN3O3S2. The molecule has 168 valence electrons. The smallest absolute Gasteiger partial charge is 0.262 e. The zero-order valence-corrected chi connectivity index (χ0v) is 20.0. The molecule has 0 atom stereocenters. The number of hydrogen-bond donors (Lipinski definition) is 2. The van der Waals surface area contributed by atoms with E-state index in [0.29, 0.717) is 16.5 Å². The maximum Gasteiger partial charge on any atom is 0.262 e. The molecule has 0 radical (unpaired) electrons. The minimum absolute atomic E-state index is 0.0863. The molecule has 0 spiro atoms. The zero-order chi connectivity index (χ0) is 23.2. The minimum atomic E-state index is -0.267. The lowest BCUT2D eigenvalue weighted by Crippen LogP contribution is -2.20. The normalized spacial score (nSPS) is 10.7. The Morgan fingerprint density at radius 2 is 1.67 bits per heavy atom. The number of anilines is 2. The number of halogens is 1. The quantitative estimate of drug-likeness (QED) is 0.291. The first kappa shape index (κ1) is 23.1. The number of nitrogens with zero attached hydrogens (tertiary/aromatic N) is 1. The van der Waals surface area contributed by atoms with Gasteiger partial charge >= 0.3 is 0 Å². The molecule has 3 aromatic carbocycles. The molecule has 2 N–H and O–H groups in total. The number of thioether (sulfide) groups is 1. The number of ether oxygens (including phenoxy) is 1. The summed E-state index contributed by atoms with van der Waals surface area (Å²) < 4.78 is 7.18. The van der Waals surface area contributed by atoms with Gasteiger partial charge in [-0.3, -0.25) is 9.59 Å². The van der Waals surface area contributed by atoms with Crippen LogP contribution in [0.2, 0.25) is 5.02 Å². The van der Waals surface area contributed by atoms with Crippen LogP contribution >= 0.6 is 34.7 Å². The van der Waals surface area contributed by atoms with Crippen LogP contribution in [-0.2, 0) is 9.59 Å². The first-order valence-corrected chi connectivity index (χ1v) is 12.2. The van der Waals surface area contributed by atoms with Crippen LogP contribution in [-0.4, -0.2) is 29.2 Å². The van der Waals surface area contributed by atoms with Gasteiger partial charge in [0.2, 0.25) is 5.91 Å². The molecule has 0 saturated heterocycles. The van der Waals surface area contributed by atoms with Gasteiger partial charge in [-0.1, -0.05) is 41.1 Å². The van der Waals surface area contributed by atoms with E-state index in [4.69, 9.17) is 16.3 Å². The van der Waals surface area contributed by atoms with Crippen molar-refractivity contribution in [2.24, 2.45) is 0 Å². The van der Waals surface area contributed by atoms with E-state index < -0.39 is 0 Å². The number of thiazole rings is 1. The number of rotatable bonds is 8. The van der Waals surface area contributed by atoms with Crippen LogP contribution in [0.25, 0.3) is 10.2 Å². The third kappa shape index (κ3) is 6.71. The average Bonchev–Trinajstić information content (AvgIpc) is 3.21. The third-order valence-corrected chi connectivity index (χ3v) is 6.91. The predicted octanol–water partition coefficient (Wildman–Crippen LogP) is 6.01. The fraction of sp³-hybridized carbons (Fsp3) is 0.125. The van der Waals surface area contributed by atoms with Crippen molar-refractivity contribution in [1.82, 2.24) is 4.98 Å². The number of aryl methyl sites for hydroxylation is 1. The standard InChI is InChI=1S/C24H20ClN3O3S2/c1-15-2-6-17(7-3-15)26-23(30)14-32-24-28-20-11-8-18(12-21(20)33-24)27-22(29)13-31-19-9-4-16(25)5-10-19/h2-12H,13-14H2,1H3,(H,26,30)(H,27,29). The summed E-state index contributed by atoms with van der Waals surface area (Å²) in [5.74, 6) is 0.479. The van der Waals surface area contributed by atoms with Crippen LogP contribution in [0.3, 0.4) is 0 Å². The number of hydrogen-bond acceptors (Lipinski definition) is 6. The Morgan fingerprint density at radius 1 is 0.970 bits per heavy atom. The molecule has 1 aromatic heterocycles. The van der Waals surface area contributed by atoms with Gasteiger partial charge in [0, 0.05) is 16.4 Å². The van der Waals surface area contributed by atoms with E-state index >= 15 is 0 Å². The first-order chi connectivity index (χ1) is 15.9. The van der Waals surface area contributed by atoms with Crippen molar-refractivity contribution < 1.29 is 14.3 Å². The van der Waals surface area contributed by atoms with Crippen LogP contribution < -0.4 is 15.4 Å². The van der Waals surface area contributed by atoms with E-state index in [9.17, 15) is 9.59 Å². The summed E-state index contributed by atoms with van der Waals surface area (Å²) >= 11 is 8.70. The predicted molar refractivity (Wildman–Crippen MR) is 136 cm³/mol. The number of amides is 2. The van der Waals surface area contributed by atoms with E-state index in [1.165, 1.54) is 23.1 Å². The SMILES string of the molecule is Cc1ccc(NC(=O)CSc2nc3ccc(NC(=O)COc4ccc(Cl)cc4)cc3s2)cc1. The van der Waals surface area contributed by atoms with Crippen molar-refractivity contribution >= 4 is 68.1 Å². The van der Waals surface area contributed by atoms with Gasteiger partial charge in [0.05, 0.1) is 16.0 Å². The van der Waals surface area contributed by atoms with E-state index in [2.05, 4.69) is 15.6 Å². The van der Waals surface area contributed by atoms with Crippen molar-refractivity contribution in [3.63, 3.8) is 0 Å². The highest BCUT2D eigenvalue weighted by Crippen LogP contribution is 2.31. The van der Waals surface area contributed by atoms with E-state index in [1.54, 1.807) is 30.3 Å². The number of aromatic nitrogens is 1. The van der Waals surface area contributed by atoms with Gasteiger partial charge in [-0.05, 0) is 61.5 Å². The second-order valence-corrected chi connectivity index (χ2v) is 9.85. The number of benzene rings is 3. The molecule has 9 heteroatoms. The van der Waals surface area contributed by atoms with Crippen LogP contribution in [0.1, 0.15) is 5.56 Å². The van der Waals surface area contributed by atoms with Crippen molar-refractivity contribution in [3.8, 4) is 5.75 Å². The molecule has 4 rings (SSSR count). The average molecular weight is 498 g/mol. The lowest BCUT2D eigenvalue weighted by Gasteiger charge is -2.07. The molecule has 0 bridgehead atoms. The van der Waals surface area contributed by atoms with Crippen LogP contribution in [0, 0.1) is 6.92 Å². The highest BCUT2D eigenvalue weighted by molar-refractivity contribution is 8.01. The summed E-state index contributed by atoms with van der Waals surface area (Å²) in [6, 6.07) is 20.0. The van der Waals surface area contributed by atoms with Gasteiger partial charge in [0.25, 0.3) is 5.91 Å². The summed E-state index contributed by atoms with van der Waals surface area (Å²) in [5, 5.41) is 6.31. The monoisotopic (exact) mass is 497 g/mol. The minimum Gasteiger partial charge on any atom is -0.484 e. The fourth-order valence-corrected chi connectivity index (χ4v) is 4.91. The Kier molecular flexibility index (Phi) is 7.49. The molecule has 4 aromatic rings. The molecule has 0 aliphatic heterocycles. The van der Waals surface area contributed by atoms with Crippen LogP contribution in [0.5, 0.6) is 5.75 Å². The van der Waals surface area contributed by atoms with Gasteiger partial charge in [0.1, 0.15) is 5.75 Å². The topological polar surface area (TPSA) is 80.3 Å². The summed E-state index contributed by atoms with van der Waals surface area (Å²) in [5.41, 5.74) is 3.39. The number of carbonyl (C=O) groups is 2. The van der Waals surface area contributed by atoms with Crippen LogP contribution in [0.4, 0.5) is 11.4 Å². The molecule has 33 heavy (non-hydrogen) atoms. The maximum absolute atomic E-state index is 12.2. The van der Waals surface area contributed by atoms with Gasteiger partial charge in [-0.15, -0.1) is 11.3 Å². The third-order valence-electron chi connectivity index (χ3n) is 4.50. The van der Waals surface area contributed by atoms with E-state index in [1.807, 2.05) is 43.3 Å². The Hall–Kier alpha value is -3.07. The Labute approximate surface area is 204 Å². The summed E-state index contributed by atoms with van der Waals surface area (Å²) in [6.07, 6.45) is 0. The fourth-order valence-electron chi connectivity index (χ4n) is 2.88. The van der Waals surface area contributed by atoms with Crippen molar-refractivity contribution in [1.29, 1.82) is 0 Å². The second kappa shape index (κ2) is 10.7. The largest absolute Gasteiger partial charge is 0.484 e. The van der Waals surface area contributed by atoms with Crippen molar-refractivity contribution in [2.75, 3.05) is 23.0 Å². The molecule has 2 amide bonds. The molecule has 0 aliphatic carbocycles. The van der Waals surface area contributed by atoms with Gasteiger partial charge in [-0.25, -0.2) is 4.98 Å². The molecule has 0 fully saturated rings. The molecular weight excluding hydrogens is 478 g/mol. The van der Waals surface area contributed by atoms with Crippen LogP contribution in [0.15, 0.2) is 71.1 Å². The first-order valence-electron chi connectivity index (χ1n) is 10.0.